The monoisotopic (exact) mass is 267 g/mol. The molecule has 1 rings (SSSR count). The average molecular weight is 267 g/mol. The molecule has 0 fully saturated rings. The van der Waals surface area contributed by atoms with Gasteiger partial charge in [0.05, 0.1) is 22.9 Å². The lowest BCUT2D eigenvalue weighted by atomic mass is 10.1. The third kappa shape index (κ3) is 1.77. The molecule has 0 spiro atoms. The molecule has 0 aromatic rings. The topological polar surface area (TPSA) is 18.8 Å². The summed E-state index contributed by atoms with van der Waals surface area (Å²) in [4.78, 5) is 0. The van der Waals surface area contributed by atoms with Crippen LogP contribution in [0.4, 0.5) is 0 Å². The Morgan fingerprint density at radius 2 is 2.27 bits per heavy atom. The maximum absolute atomic E-state index is 4.26. The molecule has 1 atom stereocenters. The molecule has 0 N–H and O–H groups in total. The minimum atomic E-state index is 0.445. The molecular formula is C7H14IN3. The van der Waals surface area contributed by atoms with E-state index in [0.717, 1.165) is 6.54 Å². The van der Waals surface area contributed by atoms with Gasteiger partial charge in [0, 0.05) is 6.54 Å². The molecule has 64 valence electrons. The maximum Gasteiger partial charge on any atom is 0.130 e. The second-order valence-electron chi connectivity index (χ2n) is 2.99. The van der Waals surface area contributed by atoms with Gasteiger partial charge in [0.25, 0.3) is 0 Å². The number of hydrogen-bond donors (Lipinski definition) is 0. The molecule has 4 heteroatoms. The molecule has 1 aliphatic rings. The lowest BCUT2D eigenvalue weighted by Crippen LogP contribution is -2.38. The lowest BCUT2D eigenvalue weighted by molar-refractivity contribution is 0.148. The van der Waals surface area contributed by atoms with Crippen molar-refractivity contribution in [2.75, 3.05) is 6.54 Å². The second kappa shape index (κ2) is 3.60. The van der Waals surface area contributed by atoms with Gasteiger partial charge in [-0.2, -0.15) is 5.10 Å². The van der Waals surface area contributed by atoms with E-state index in [1.807, 2.05) is 6.34 Å². The molecule has 0 amide bonds. The van der Waals surface area contributed by atoms with Gasteiger partial charge in [-0.3, -0.25) is 8.12 Å². The molecule has 0 bridgehead atoms. The Hall–Kier alpha value is 0. The van der Waals surface area contributed by atoms with Crippen molar-refractivity contribution >= 4 is 29.2 Å². The van der Waals surface area contributed by atoms with Crippen LogP contribution >= 0.6 is 22.9 Å². The minimum absolute atomic E-state index is 0.445. The van der Waals surface area contributed by atoms with Gasteiger partial charge < -0.3 is 0 Å². The first-order chi connectivity index (χ1) is 5.16. The molecule has 0 aromatic carbocycles. The van der Waals surface area contributed by atoms with E-state index in [-0.39, 0.29) is 0 Å². The Kier molecular flexibility index (Phi) is 2.98. The van der Waals surface area contributed by atoms with E-state index < -0.39 is 0 Å². The summed E-state index contributed by atoms with van der Waals surface area (Å²) in [6.45, 7) is 7.54. The fourth-order valence-electron chi connectivity index (χ4n) is 1.28. The van der Waals surface area contributed by atoms with Crippen LogP contribution in [-0.2, 0) is 0 Å². The third-order valence-corrected chi connectivity index (χ3v) is 2.61. The Morgan fingerprint density at radius 1 is 1.64 bits per heavy atom. The molecule has 0 saturated heterocycles. The smallest absolute Gasteiger partial charge is 0.130 e. The van der Waals surface area contributed by atoms with E-state index in [4.69, 9.17) is 0 Å². The first-order valence-electron chi connectivity index (χ1n) is 3.91. The molecule has 1 unspecified atom stereocenters. The van der Waals surface area contributed by atoms with E-state index >= 15 is 0 Å². The van der Waals surface area contributed by atoms with Crippen molar-refractivity contribution in [1.82, 2.24) is 8.12 Å². The Bertz CT molecular complexity index is 158. The maximum atomic E-state index is 4.26. The van der Waals surface area contributed by atoms with Crippen LogP contribution in [-0.4, -0.2) is 27.2 Å². The molecule has 0 aromatic heterocycles. The van der Waals surface area contributed by atoms with Gasteiger partial charge >= 0.3 is 0 Å². The van der Waals surface area contributed by atoms with Crippen molar-refractivity contribution in [3.8, 4) is 0 Å². The molecule has 11 heavy (non-hydrogen) atoms. The van der Waals surface area contributed by atoms with Crippen LogP contribution in [0.3, 0.4) is 0 Å². The molecule has 0 saturated carbocycles. The predicted molar refractivity (Wildman–Crippen MR) is 55.4 cm³/mol. The van der Waals surface area contributed by atoms with Crippen molar-refractivity contribution in [2.45, 2.75) is 26.9 Å². The highest BCUT2D eigenvalue weighted by Gasteiger charge is 2.27. The SMILES string of the molecule is CCN1N=CN(I)C1C(C)C. The molecule has 0 aliphatic carbocycles. The lowest BCUT2D eigenvalue weighted by Gasteiger charge is -2.28. The first kappa shape index (κ1) is 9.09. The number of hydrogen-bond acceptors (Lipinski definition) is 3. The van der Waals surface area contributed by atoms with E-state index in [0.29, 0.717) is 12.1 Å². The Labute approximate surface area is 81.9 Å². The zero-order valence-corrected chi connectivity index (χ0v) is 9.32. The second-order valence-corrected chi connectivity index (χ2v) is 4.10. The number of nitrogens with zero attached hydrogens (tertiary/aromatic N) is 3. The molecule has 1 heterocycles. The van der Waals surface area contributed by atoms with Gasteiger partial charge in [-0.05, 0) is 12.8 Å². The van der Waals surface area contributed by atoms with Crippen LogP contribution in [0.1, 0.15) is 20.8 Å². The van der Waals surface area contributed by atoms with E-state index in [2.05, 4.69) is 56.9 Å². The van der Waals surface area contributed by atoms with Gasteiger partial charge in [-0.15, -0.1) is 0 Å². The van der Waals surface area contributed by atoms with Gasteiger partial charge in [-0.1, -0.05) is 13.8 Å². The van der Waals surface area contributed by atoms with Crippen molar-refractivity contribution in [3.05, 3.63) is 0 Å². The highest BCUT2D eigenvalue weighted by Crippen LogP contribution is 2.22. The molecular weight excluding hydrogens is 253 g/mol. The first-order valence-corrected chi connectivity index (χ1v) is 4.88. The summed E-state index contributed by atoms with van der Waals surface area (Å²) in [6.07, 6.45) is 2.33. The number of hydrazone groups is 1. The normalized spacial score (nSPS) is 23.9. The third-order valence-electron chi connectivity index (χ3n) is 1.79. The quantitative estimate of drug-likeness (QED) is 0.562. The van der Waals surface area contributed by atoms with Crippen LogP contribution < -0.4 is 0 Å². The van der Waals surface area contributed by atoms with Gasteiger partial charge in [0.1, 0.15) is 12.5 Å². The fraction of sp³-hybridized carbons (Fsp3) is 0.857. The number of halogens is 1. The van der Waals surface area contributed by atoms with E-state index in [9.17, 15) is 0 Å². The number of rotatable bonds is 2. The average Bonchev–Trinajstić information content (AvgIpc) is 2.30. The van der Waals surface area contributed by atoms with Crippen LogP contribution in [0.25, 0.3) is 0 Å². The van der Waals surface area contributed by atoms with E-state index in [1.165, 1.54) is 0 Å². The summed E-state index contributed by atoms with van der Waals surface area (Å²) in [6, 6.07) is 0. The summed E-state index contributed by atoms with van der Waals surface area (Å²) in [7, 11) is 0. The van der Waals surface area contributed by atoms with Crippen LogP contribution in [0.5, 0.6) is 0 Å². The summed E-state index contributed by atoms with van der Waals surface area (Å²) < 4.78 is 2.13. The Balaban J connectivity index is 2.62. The van der Waals surface area contributed by atoms with Crippen LogP contribution in [0.15, 0.2) is 5.10 Å². The van der Waals surface area contributed by atoms with Crippen molar-refractivity contribution in [1.29, 1.82) is 0 Å². The zero-order valence-electron chi connectivity index (χ0n) is 7.16. The zero-order chi connectivity index (χ0) is 8.43. The summed E-state index contributed by atoms with van der Waals surface area (Å²) in [5, 5.41) is 6.37. The van der Waals surface area contributed by atoms with Crippen LogP contribution in [0.2, 0.25) is 0 Å². The van der Waals surface area contributed by atoms with Crippen molar-refractivity contribution < 1.29 is 0 Å². The predicted octanol–water partition coefficient (Wildman–Crippen LogP) is 1.90. The minimum Gasteiger partial charge on any atom is -0.280 e. The highest BCUT2D eigenvalue weighted by atomic mass is 127. The highest BCUT2D eigenvalue weighted by molar-refractivity contribution is 14.1. The van der Waals surface area contributed by atoms with Gasteiger partial charge in [0.2, 0.25) is 0 Å². The van der Waals surface area contributed by atoms with Crippen LogP contribution in [0, 0.1) is 5.92 Å². The van der Waals surface area contributed by atoms with Gasteiger partial charge in [0.15, 0.2) is 0 Å². The summed E-state index contributed by atoms with van der Waals surface area (Å²) in [5.41, 5.74) is 0. The van der Waals surface area contributed by atoms with Crippen molar-refractivity contribution in [2.24, 2.45) is 11.0 Å². The molecule has 0 radical (unpaired) electrons. The fourth-order valence-corrected chi connectivity index (χ4v) is 2.32. The largest absolute Gasteiger partial charge is 0.280 e. The van der Waals surface area contributed by atoms with Gasteiger partial charge in [-0.25, -0.2) is 0 Å². The Morgan fingerprint density at radius 3 is 2.64 bits per heavy atom. The molecule has 3 nitrogen and oxygen atoms in total. The summed E-state index contributed by atoms with van der Waals surface area (Å²) >= 11 is 2.29. The van der Waals surface area contributed by atoms with E-state index in [1.54, 1.807) is 0 Å². The standard InChI is InChI=1S/C7H14IN3/c1-4-11-7(6(2)3)10(8)5-9-11/h5-7H,4H2,1-3H3. The molecule has 1 aliphatic heterocycles. The summed E-state index contributed by atoms with van der Waals surface area (Å²) in [5.74, 6) is 0.620. The van der Waals surface area contributed by atoms with Crippen molar-refractivity contribution in [3.63, 3.8) is 0 Å².